The van der Waals surface area contributed by atoms with E-state index in [4.69, 9.17) is 16.3 Å². The molecule has 0 fully saturated rings. The van der Waals surface area contributed by atoms with Gasteiger partial charge >= 0.3 is 0 Å². The summed E-state index contributed by atoms with van der Waals surface area (Å²) >= 11 is 6.34. The van der Waals surface area contributed by atoms with Crippen molar-refractivity contribution >= 4 is 17.5 Å². The second-order valence-electron chi connectivity index (χ2n) is 8.09. The Morgan fingerprint density at radius 3 is 2.62 bits per heavy atom. The topological polar surface area (TPSA) is 98.7 Å². The number of nitrogens with one attached hydrogen (secondary N) is 1. The van der Waals surface area contributed by atoms with Gasteiger partial charge in [-0.1, -0.05) is 41.9 Å². The van der Waals surface area contributed by atoms with Crippen LogP contribution in [0, 0.1) is 6.92 Å². The van der Waals surface area contributed by atoms with Crippen LogP contribution in [-0.2, 0) is 0 Å². The molecule has 0 radical (unpaired) electrons. The third kappa shape index (κ3) is 3.79. The van der Waals surface area contributed by atoms with Gasteiger partial charge in [0.2, 0.25) is 0 Å². The lowest BCUT2D eigenvalue weighted by atomic mass is 9.95. The van der Waals surface area contributed by atoms with Crippen LogP contribution in [0.25, 0.3) is 11.3 Å². The SMILES string of the molecule is Cc1cc(O)c(-c2n[nH]c3c2[C@@H](c2cccc(Oc4ccccc4)c2)N(CCO)C3=O)cc1Cl. The van der Waals surface area contributed by atoms with Gasteiger partial charge in [0.1, 0.15) is 28.6 Å². The van der Waals surface area contributed by atoms with Crippen LogP contribution >= 0.6 is 11.6 Å². The van der Waals surface area contributed by atoms with Gasteiger partial charge < -0.3 is 19.8 Å². The fourth-order valence-corrected chi connectivity index (χ4v) is 4.48. The van der Waals surface area contributed by atoms with Gasteiger partial charge in [-0.05, 0) is 54.4 Å². The van der Waals surface area contributed by atoms with Crippen molar-refractivity contribution in [2.75, 3.05) is 13.2 Å². The van der Waals surface area contributed by atoms with Crippen molar-refractivity contribution in [3.63, 3.8) is 0 Å². The number of nitrogens with zero attached hydrogens (tertiary/aromatic N) is 2. The third-order valence-electron chi connectivity index (χ3n) is 5.89. The Labute approximate surface area is 201 Å². The highest BCUT2D eigenvalue weighted by Gasteiger charge is 2.42. The number of aromatic hydroxyl groups is 1. The Morgan fingerprint density at radius 2 is 1.85 bits per heavy atom. The second-order valence-corrected chi connectivity index (χ2v) is 8.50. The summed E-state index contributed by atoms with van der Waals surface area (Å²) in [6, 6.07) is 19.5. The van der Waals surface area contributed by atoms with Crippen molar-refractivity contribution in [2.24, 2.45) is 0 Å². The van der Waals surface area contributed by atoms with Gasteiger partial charge in [0.25, 0.3) is 5.91 Å². The van der Waals surface area contributed by atoms with Crippen LogP contribution in [0.3, 0.4) is 0 Å². The minimum Gasteiger partial charge on any atom is -0.507 e. The molecule has 1 aliphatic rings. The number of hydrogen-bond donors (Lipinski definition) is 3. The number of H-pyrrole nitrogens is 1. The van der Waals surface area contributed by atoms with E-state index in [2.05, 4.69) is 10.2 Å². The molecule has 0 bridgehead atoms. The average molecular weight is 476 g/mol. The quantitative estimate of drug-likeness (QED) is 0.361. The van der Waals surface area contributed by atoms with Crippen LogP contribution in [0.1, 0.15) is 33.2 Å². The largest absolute Gasteiger partial charge is 0.507 e. The summed E-state index contributed by atoms with van der Waals surface area (Å²) in [4.78, 5) is 14.8. The molecule has 3 N–H and O–H groups in total. The molecule has 3 aromatic carbocycles. The molecule has 1 aromatic heterocycles. The fourth-order valence-electron chi connectivity index (χ4n) is 4.32. The van der Waals surface area contributed by atoms with E-state index in [0.717, 1.165) is 11.1 Å². The molecule has 0 saturated carbocycles. The standard InChI is InChI=1S/C26H22ClN3O4/c1-15-12-21(32)19(14-20(15)27)23-22-24(29-28-23)26(33)30(10-11-31)25(22)16-6-5-9-18(13-16)34-17-7-3-2-4-8-17/h2-9,12-14,25,31-32H,10-11H2,1H3,(H,28,29)/t25-/m1/s1. The highest BCUT2D eigenvalue weighted by atomic mass is 35.5. The van der Waals surface area contributed by atoms with Crippen LogP contribution in [0.2, 0.25) is 5.02 Å². The number of aromatic nitrogens is 2. The monoisotopic (exact) mass is 475 g/mol. The molecule has 5 rings (SSSR count). The lowest BCUT2D eigenvalue weighted by Crippen LogP contribution is -2.32. The maximum absolute atomic E-state index is 13.2. The van der Waals surface area contributed by atoms with Gasteiger partial charge in [0.15, 0.2) is 0 Å². The number of phenols is 1. The van der Waals surface area contributed by atoms with Crippen molar-refractivity contribution < 1.29 is 19.7 Å². The Kier molecular flexibility index (Phi) is 5.73. The molecule has 172 valence electrons. The van der Waals surface area contributed by atoms with E-state index in [1.54, 1.807) is 24.0 Å². The number of ether oxygens (including phenoxy) is 1. The molecule has 0 saturated heterocycles. The smallest absolute Gasteiger partial charge is 0.273 e. The number of halogens is 1. The molecule has 1 aliphatic heterocycles. The van der Waals surface area contributed by atoms with Crippen LogP contribution in [0.5, 0.6) is 17.2 Å². The molecule has 0 unspecified atom stereocenters. The number of para-hydroxylation sites is 1. The van der Waals surface area contributed by atoms with E-state index in [0.29, 0.717) is 39.0 Å². The van der Waals surface area contributed by atoms with E-state index in [1.807, 2.05) is 54.6 Å². The number of rotatable bonds is 6. The predicted octanol–water partition coefficient (Wildman–Crippen LogP) is 5.07. The number of amides is 1. The number of aromatic amines is 1. The minimum absolute atomic E-state index is 0.0177. The summed E-state index contributed by atoms with van der Waals surface area (Å²) in [6.07, 6.45) is 0. The number of phenolic OH excluding ortho intramolecular Hbond substituents is 1. The van der Waals surface area contributed by atoms with E-state index in [-0.39, 0.29) is 24.8 Å². The maximum atomic E-state index is 13.2. The summed E-state index contributed by atoms with van der Waals surface area (Å²) in [7, 11) is 0. The lowest BCUT2D eigenvalue weighted by Gasteiger charge is -2.26. The number of fused-ring (bicyclic) bond motifs is 1. The number of aliphatic hydroxyl groups is 1. The number of β-amino-alcohol motifs (C(OH)–C–C–N with tert-alkyl or cyclic N) is 1. The van der Waals surface area contributed by atoms with Gasteiger partial charge in [0, 0.05) is 22.7 Å². The van der Waals surface area contributed by atoms with E-state index >= 15 is 0 Å². The Bertz CT molecular complexity index is 1370. The average Bonchev–Trinajstić information content (AvgIpc) is 3.37. The first-order chi connectivity index (χ1) is 16.5. The van der Waals surface area contributed by atoms with Crippen LogP contribution in [-0.4, -0.2) is 44.4 Å². The Morgan fingerprint density at radius 1 is 1.09 bits per heavy atom. The van der Waals surface area contributed by atoms with E-state index in [9.17, 15) is 15.0 Å². The maximum Gasteiger partial charge on any atom is 0.273 e. The lowest BCUT2D eigenvalue weighted by molar-refractivity contribution is 0.0706. The molecule has 7 nitrogen and oxygen atoms in total. The number of hydrogen-bond acceptors (Lipinski definition) is 5. The van der Waals surface area contributed by atoms with Crippen molar-refractivity contribution in [3.8, 4) is 28.5 Å². The number of aryl methyl sites for hydroxylation is 1. The summed E-state index contributed by atoms with van der Waals surface area (Å²) < 4.78 is 6.00. The van der Waals surface area contributed by atoms with Gasteiger partial charge in [-0.3, -0.25) is 9.89 Å². The highest BCUT2D eigenvalue weighted by molar-refractivity contribution is 6.31. The van der Waals surface area contributed by atoms with Gasteiger partial charge in [0.05, 0.1) is 12.6 Å². The van der Waals surface area contributed by atoms with Gasteiger partial charge in [-0.15, -0.1) is 0 Å². The van der Waals surface area contributed by atoms with Crippen LogP contribution < -0.4 is 4.74 Å². The molecule has 1 amide bonds. The number of benzene rings is 3. The summed E-state index contributed by atoms with van der Waals surface area (Å²) in [5, 5.41) is 28.0. The van der Waals surface area contributed by atoms with E-state index < -0.39 is 6.04 Å². The van der Waals surface area contributed by atoms with Crippen LogP contribution in [0.15, 0.2) is 66.7 Å². The number of aliphatic hydroxyl groups excluding tert-OH is 1. The predicted molar refractivity (Wildman–Crippen MR) is 128 cm³/mol. The van der Waals surface area contributed by atoms with Gasteiger partial charge in [-0.2, -0.15) is 5.10 Å². The van der Waals surface area contributed by atoms with Crippen molar-refractivity contribution in [1.82, 2.24) is 15.1 Å². The Hall–Kier alpha value is -3.81. The third-order valence-corrected chi connectivity index (χ3v) is 6.30. The highest BCUT2D eigenvalue weighted by Crippen LogP contribution is 2.45. The zero-order chi connectivity index (χ0) is 23.8. The van der Waals surface area contributed by atoms with Gasteiger partial charge in [-0.25, -0.2) is 0 Å². The first-order valence-corrected chi connectivity index (χ1v) is 11.2. The normalized spacial score (nSPS) is 15.0. The molecule has 34 heavy (non-hydrogen) atoms. The first kappa shape index (κ1) is 22.0. The van der Waals surface area contributed by atoms with Crippen molar-refractivity contribution in [2.45, 2.75) is 13.0 Å². The fraction of sp³-hybridized carbons (Fsp3) is 0.154. The molecular formula is C26H22ClN3O4. The zero-order valence-corrected chi connectivity index (χ0v) is 19.1. The summed E-state index contributed by atoms with van der Waals surface area (Å²) in [5.74, 6) is 1.04. The number of carbonyl (C=O) groups excluding carboxylic acids is 1. The molecule has 1 atom stereocenters. The molecule has 2 heterocycles. The second kappa shape index (κ2) is 8.85. The molecular weight excluding hydrogens is 454 g/mol. The zero-order valence-electron chi connectivity index (χ0n) is 18.3. The van der Waals surface area contributed by atoms with Crippen LogP contribution in [0.4, 0.5) is 0 Å². The first-order valence-electron chi connectivity index (χ1n) is 10.8. The summed E-state index contributed by atoms with van der Waals surface area (Å²) in [6.45, 7) is 1.74. The minimum atomic E-state index is -0.540. The molecule has 0 spiro atoms. The summed E-state index contributed by atoms with van der Waals surface area (Å²) in [5.41, 5.74) is 3.31. The molecule has 0 aliphatic carbocycles. The Balaban J connectivity index is 1.62. The molecule has 8 heteroatoms. The van der Waals surface area contributed by atoms with Crippen molar-refractivity contribution in [1.29, 1.82) is 0 Å². The van der Waals surface area contributed by atoms with E-state index in [1.165, 1.54) is 0 Å². The van der Waals surface area contributed by atoms with Crippen molar-refractivity contribution in [3.05, 3.63) is 94.1 Å². The molecule has 4 aromatic rings. The number of carbonyl (C=O) groups is 1.